The Balaban J connectivity index is 1.95. The maximum atomic E-state index is 11.9. The van der Waals surface area contributed by atoms with Gasteiger partial charge in [-0.25, -0.2) is 13.4 Å². The largest absolute Gasteiger partial charge is 0.348 e. The van der Waals surface area contributed by atoms with E-state index >= 15 is 0 Å². The third-order valence-corrected chi connectivity index (χ3v) is 4.53. The normalized spacial score (nSPS) is 11.5. The average molecular weight is 372 g/mol. The highest BCUT2D eigenvalue weighted by Crippen LogP contribution is 2.29. The second-order valence-electron chi connectivity index (χ2n) is 6.33. The molecule has 0 saturated heterocycles. The number of hydrogen-bond donors (Lipinski definition) is 2. The minimum absolute atomic E-state index is 0.00862. The monoisotopic (exact) mass is 372 g/mol. The summed E-state index contributed by atoms with van der Waals surface area (Å²) in [4.78, 5) is 21.0. The molecular formula is C18H20N4O3S. The maximum absolute atomic E-state index is 11.9. The molecule has 2 heterocycles. The lowest BCUT2D eigenvalue weighted by molar-refractivity contribution is -0.128. The number of pyridine rings is 1. The van der Waals surface area contributed by atoms with Gasteiger partial charge in [-0.2, -0.15) is 0 Å². The molecular weight excluding hydrogens is 352 g/mol. The fraction of sp³-hybridized carbons (Fsp3) is 0.222. The van der Waals surface area contributed by atoms with Crippen LogP contribution in [-0.4, -0.2) is 49.5 Å². The molecule has 8 heteroatoms. The Kier molecular flexibility index (Phi) is 4.69. The van der Waals surface area contributed by atoms with Crippen LogP contribution < -0.4 is 4.72 Å². The van der Waals surface area contributed by atoms with Crippen LogP contribution in [0, 0.1) is 0 Å². The number of sulfonamides is 1. The number of nitrogens with zero attached hydrogens (tertiary/aromatic N) is 2. The van der Waals surface area contributed by atoms with Crippen molar-refractivity contribution in [3.8, 4) is 11.1 Å². The minimum atomic E-state index is -3.31. The van der Waals surface area contributed by atoms with Crippen molar-refractivity contribution in [1.82, 2.24) is 14.9 Å². The van der Waals surface area contributed by atoms with Crippen molar-refractivity contribution in [1.29, 1.82) is 0 Å². The molecule has 3 rings (SSSR count). The molecule has 0 radical (unpaired) electrons. The molecule has 3 aromatic rings. The van der Waals surface area contributed by atoms with Gasteiger partial charge >= 0.3 is 0 Å². The van der Waals surface area contributed by atoms with Crippen LogP contribution in [0.2, 0.25) is 0 Å². The van der Waals surface area contributed by atoms with Crippen LogP contribution in [-0.2, 0) is 21.2 Å². The van der Waals surface area contributed by atoms with Gasteiger partial charge in [0.25, 0.3) is 0 Å². The predicted molar refractivity (Wildman–Crippen MR) is 102 cm³/mol. The van der Waals surface area contributed by atoms with Crippen molar-refractivity contribution in [2.75, 3.05) is 25.1 Å². The topological polar surface area (TPSA) is 95.2 Å². The molecule has 0 aliphatic rings. The lowest BCUT2D eigenvalue weighted by Gasteiger charge is -2.08. The van der Waals surface area contributed by atoms with Gasteiger partial charge in [-0.05, 0) is 35.4 Å². The lowest BCUT2D eigenvalue weighted by atomic mass is 10.0. The summed E-state index contributed by atoms with van der Waals surface area (Å²) in [5, 5.41) is 0.915. The quantitative estimate of drug-likeness (QED) is 0.718. The summed E-state index contributed by atoms with van der Waals surface area (Å²) in [6.45, 7) is 0. The summed E-state index contributed by atoms with van der Waals surface area (Å²) >= 11 is 0. The molecule has 0 fully saturated rings. The Labute approximate surface area is 152 Å². The first-order chi connectivity index (χ1) is 12.2. The number of carbonyl (C=O) groups excluding carboxylic acids is 1. The number of benzene rings is 1. The van der Waals surface area contributed by atoms with Crippen molar-refractivity contribution >= 4 is 32.7 Å². The molecule has 0 unspecified atom stereocenters. The molecule has 0 spiro atoms. The number of nitrogens with one attached hydrogen (secondary N) is 2. The fourth-order valence-corrected chi connectivity index (χ4v) is 3.25. The summed E-state index contributed by atoms with van der Waals surface area (Å²) in [7, 11) is 0.140. The number of rotatable bonds is 5. The van der Waals surface area contributed by atoms with Gasteiger partial charge in [-0.1, -0.05) is 12.1 Å². The van der Waals surface area contributed by atoms with E-state index in [0.717, 1.165) is 28.5 Å². The highest BCUT2D eigenvalue weighted by atomic mass is 32.2. The van der Waals surface area contributed by atoms with Crippen LogP contribution in [0.5, 0.6) is 0 Å². The van der Waals surface area contributed by atoms with Gasteiger partial charge in [0, 0.05) is 37.1 Å². The number of hydrogen-bond acceptors (Lipinski definition) is 4. The second kappa shape index (κ2) is 6.80. The van der Waals surface area contributed by atoms with Gasteiger partial charge in [-0.15, -0.1) is 0 Å². The summed E-state index contributed by atoms with van der Waals surface area (Å²) in [5.74, 6) is 0.00862. The maximum Gasteiger partial charge on any atom is 0.229 e. The second-order valence-corrected chi connectivity index (χ2v) is 8.08. The number of fused-ring (bicyclic) bond motifs is 1. The van der Waals surface area contributed by atoms with Crippen LogP contribution >= 0.6 is 0 Å². The van der Waals surface area contributed by atoms with Crippen molar-refractivity contribution in [3.63, 3.8) is 0 Å². The zero-order chi connectivity index (χ0) is 18.9. The summed E-state index contributed by atoms with van der Waals surface area (Å²) in [6, 6.07) is 11.0. The molecule has 0 aliphatic heterocycles. The molecule has 0 aliphatic carbocycles. The first kappa shape index (κ1) is 17.9. The Morgan fingerprint density at radius 2 is 1.88 bits per heavy atom. The van der Waals surface area contributed by atoms with E-state index in [4.69, 9.17) is 0 Å². The Bertz CT molecular complexity index is 1050. The molecule has 136 valence electrons. The first-order valence-electron chi connectivity index (χ1n) is 7.98. The van der Waals surface area contributed by atoms with Gasteiger partial charge in [0.15, 0.2) is 0 Å². The molecule has 0 saturated carbocycles. The third kappa shape index (κ3) is 4.02. The SMILES string of the molecule is CN(C)C(=O)Cc1cc2c(-c3ccc(NS(C)(=O)=O)cc3)ccnc2[nH]1. The summed E-state index contributed by atoms with van der Waals surface area (Å²) in [6.07, 6.45) is 3.10. The molecule has 1 aromatic carbocycles. The van der Waals surface area contributed by atoms with Crippen molar-refractivity contribution in [2.24, 2.45) is 0 Å². The summed E-state index contributed by atoms with van der Waals surface area (Å²) in [5.41, 5.74) is 3.91. The molecule has 0 bridgehead atoms. The van der Waals surface area contributed by atoms with Crippen molar-refractivity contribution < 1.29 is 13.2 Å². The van der Waals surface area contributed by atoms with Crippen molar-refractivity contribution in [2.45, 2.75) is 6.42 Å². The Hall–Kier alpha value is -2.87. The number of aromatic nitrogens is 2. The molecule has 2 aromatic heterocycles. The zero-order valence-electron chi connectivity index (χ0n) is 14.8. The van der Waals surface area contributed by atoms with E-state index in [1.54, 1.807) is 37.3 Å². The van der Waals surface area contributed by atoms with Crippen LogP contribution in [0.15, 0.2) is 42.6 Å². The van der Waals surface area contributed by atoms with Crippen LogP contribution in [0.25, 0.3) is 22.2 Å². The number of likely N-dealkylation sites (N-methyl/N-ethyl adjacent to an activating group) is 1. The molecule has 7 nitrogen and oxygen atoms in total. The van der Waals surface area contributed by atoms with E-state index in [0.29, 0.717) is 11.3 Å². The van der Waals surface area contributed by atoms with Crippen LogP contribution in [0.4, 0.5) is 5.69 Å². The minimum Gasteiger partial charge on any atom is -0.348 e. The smallest absolute Gasteiger partial charge is 0.229 e. The highest BCUT2D eigenvalue weighted by molar-refractivity contribution is 7.92. The van der Waals surface area contributed by atoms with Gasteiger partial charge in [0.2, 0.25) is 15.9 Å². The number of anilines is 1. The van der Waals surface area contributed by atoms with E-state index < -0.39 is 10.0 Å². The van der Waals surface area contributed by atoms with Gasteiger partial charge in [-0.3, -0.25) is 9.52 Å². The summed E-state index contributed by atoms with van der Waals surface area (Å²) < 4.78 is 25.1. The van der Waals surface area contributed by atoms with E-state index in [1.807, 2.05) is 24.3 Å². The molecule has 1 amide bonds. The average Bonchev–Trinajstić information content (AvgIpc) is 2.96. The van der Waals surface area contributed by atoms with Gasteiger partial charge in [0.05, 0.1) is 12.7 Å². The first-order valence-corrected chi connectivity index (χ1v) is 9.87. The van der Waals surface area contributed by atoms with E-state index in [2.05, 4.69) is 14.7 Å². The molecule has 26 heavy (non-hydrogen) atoms. The van der Waals surface area contributed by atoms with E-state index in [-0.39, 0.29) is 12.3 Å². The number of aromatic amines is 1. The molecule has 2 N–H and O–H groups in total. The van der Waals surface area contributed by atoms with Crippen molar-refractivity contribution in [3.05, 3.63) is 48.3 Å². The fourth-order valence-electron chi connectivity index (χ4n) is 2.68. The van der Waals surface area contributed by atoms with Crippen LogP contribution in [0.1, 0.15) is 5.69 Å². The predicted octanol–water partition coefficient (Wildman–Crippen LogP) is 2.23. The van der Waals surface area contributed by atoms with E-state index in [1.165, 1.54) is 0 Å². The lowest BCUT2D eigenvalue weighted by Crippen LogP contribution is -2.23. The highest BCUT2D eigenvalue weighted by Gasteiger charge is 2.12. The van der Waals surface area contributed by atoms with Gasteiger partial charge in [0.1, 0.15) is 5.65 Å². The van der Waals surface area contributed by atoms with Crippen LogP contribution in [0.3, 0.4) is 0 Å². The number of amides is 1. The van der Waals surface area contributed by atoms with Gasteiger partial charge < -0.3 is 9.88 Å². The Morgan fingerprint density at radius 1 is 1.19 bits per heavy atom. The zero-order valence-corrected chi connectivity index (χ0v) is 15.6. The number of H-pyrrole nitrogens is 1. The Morgan fingerprint density at radius 3 is 2.50 bits per heavy atom. The molecule has 0 atom stereocenters. The number of carbonyl (C=O) groups is 1. The van der Waals surface area contributed by atoms with E-state index in [9.17, 15) is 13.2 Å². The standard InChI is InChI=1S/C18H20N4O3S/c1-22(2)17(23)11-14-10-16-15(8-9-19-18(16)20-14)12-4-6-13(7-5-12)21-26(3,24)25/h4-10,21H,11H2,1-3H3,(H,19,20). The third-order valence-electron chi connectivity index (χ3n) is 3.93.